The summed E-state index contributed by atoms with van der Waals surface area (Å²) in [6, 6.07) is 12.7. The van der Waals surface area contributed by atoms with Crippen molar-refractivity contribution in [3.8, 4) is 23.0 Å². The van der Waals surface area contributed by atoms with E-state index in [2.05, 4.69) is 10.6 Å². The molecule has 2 aromatic carbocycles. The van der Waals surface area contributed by atoms with Crippen LogP contribution in [-0.2, 0) is 4.79 Å². The van der Waals surface area contributed by atoms with Gasteiger partial charge < -0.3 is 29.6 Å². The highest BCUT2D eigenvalue weighted by Gasteiger charge is 2.06. The van der Waals surface area contributed by atoms with Crippen LogP contribution in [0, 0.1) is 0 Å². The van der Waals surface area contributed by atoms with Crippen LogP contribution < -0.4 is 29.6 Å². The molecule has 2 aromatic rings. The Morgan fingerprint density at radius 3 is 2.23 bits per heavy atom. The molecule has 7 nitrogen and oxygen atoms in total. The second-order valence-corrected chi connectivity index (χ2v) is 5.30. The van der Waals surface area contributed by atoms with E-state index in [1.54, 1.807) is 33.5 Å². The Balaban J connectivity index is 1.68. The Morgan fingerprint density at radius 1 is 0.885 bits per heavy atom. The van der Waals surface area contributed by atoms with E-state index in [9.17, 15) is 4.79 Å². The minimum absolute atomic E-state index is 0.127. The van der Waals surface area contributed by atoms with Crippen molar-refractivity contribution in [2.24, 2.45) is 0 Å². The molecule has 0 radical (unpaired) electrons. The molecule has 1 amide bonds. The molecule has 0 heterocycles. The van der Waals surface area contributed by atoms with Crippen molar-refractivity contribution in [1.82, 2.24) is 5.32 Å². The van der Waals surface area contributed by atoms with Gasteiger partial charge in [0.1, 0.15) is 18.1 Å². The zero-order valence-corrected chi connectivity index (χ0v) is 15.2. The zero-order chi connectivity index (χ0) is 18.8. The third kappa shape index (κ3) is 5.77. The first-order chi connectivity index (χ1) is 12.7. The minimum Gasteiger partial charge on any atom is -0.497 e. The maximum Gasteiger partial charge on any atom is 0.239 e. The molecule has 140 valence electrons. The van der Waals surface area contributed by atoms with Gasteiger partial charge in [-0.15, -0.1) is 0 Å². The summed E-state index contributed by atoms with van der Waals surface area (Å²) >= 11 is 0. The molecule has 26 heavy (non-hydrogen) atoms. The van der Waals surface area contributed by atoms with E-state index in [1.807, 2.05) is 30.3 Å². The van der Waals surface area contributed by atoms with E-state index in [-0.39, 0.29) is 12.5 Å². The SMILES string of the molecule is COc1ccc(OCCNC(=O)CNc2ccc(OC)c(OC)c2)cc1. The number of carbonyl (C=O) groups is 1. The Bertz CT molecular complexity index is 704. The number of rotatable bonds is 10. The van der Waals surface area contributed by atoms with Crippen molar-refractivity contribution < 1.29 is 23.7 Å². The Morgan fingerprint density at radius 2 is 1.58 bits per heavy atom. The molecule has 0 atom stereocenters. The molecule has 2 N–H and O–H groups in total. The van der Waals surface area contributed by atoms with Crippen LogP contribution in [0.3, 0.4) is 0 Å². The second-order valence-electron chi connectivity index (χ2n) is 5.30. The Labute approximate surface area is 153 Å². The molecule has 0 aliphatic rings. The maximum atomic E-state index is 11.9. The van der Waals surface area contributed by atoms with Crippen LogP contribution in [0.1, 0.15) is 0 Å². The zero-order valence-electron chi connectivity index (χ0n) is 15.2. The molecule has 0 aromatic heterocycles. The molecule has 0 aliphatic carbocycles. The normalized spacial score (nSPS) is 9.96. The monoisotopic (exact) mass is 360 g/mol. The lowest BCUT2D eigenvalue weighted by atomic mass is 10.2. The topological polar surface area (TPSA) is 78.1 Å². The summed E-state index contributed by atoms with van der Waals surface area (Å²) in [4.78, 5) is 11.9. The highest BCUT2D eigenvalue weighted by molar-refractivity contribution is 5.80. The molecular weight excluding hydrogens is 336 g/mol. The largest absolute Gasteiger partial charge is 0.497 e. The molecule has 2 rings (SSSR count). The van der Waals surface area contributed by atoms with E-state index >= 15 is 0 Å². The number of carbonyl (C=O) groups excluding carboxylic acids is 1. The van der Waals surface area contributed by atoms with Crippen molar-refractivity contribution >= 4 is 11.6 Å². The van der Waals surface area contributed by atoms with Gasteiger partial charge in [0.2, 0.25) is 5.91 Å². The first-order valence-electron chi connectivity index (χ1n) is 8.15. The van der Waals surface area contributed by atoms with E-state index in [0.717, 1.165) is 17.2 Å². The predicted octanol–water partition coefficient (Wildman–Crippen LogP) is 2.32. The van der Waals surface area contributed by atoms with Gasteiger partial charge in [0.05, 0.1) is 34.4 Å². The predicted molar refractivity (Wildman–Crippen MR) is 99.5 cm³/mol. The Hall–Kier alpha value is -3.09. The smallest absolute Gasteiger partial charge is 0.239 e. The van der Waals surface area contributed by atoms with Gasteiger partial charge in [-0.2, -0.15) is 0 Å². The summed E-state index contributed by atoms with van der Waals surface area (Å²) < 4.78 is 21.0. The van der Waals surface area contributed by atoms with Crippen LogP contribution in [0.25, 0.3) is 0 Å². The number of nitrogens with one attached hydrogen (secondary N) is 2. The average Bonchev–Trinajstić information content (AvgIpc) is 2.69. The highest BCUT2D eigenvalue weighted by Crippen LogP contribution is 2.29. The number of hydrogen-bond acceptors (Lipinski definition) is 6. The summed E-state index contributed by atoms with van der Waals surface area (Å²) in [6.07, 6.45) is 0. The van der Waals surface area contributed by atoms with Gasteiger partial charge >= 0.3 is 0 Å². The molecule has 0 spiro atoms. The first-order valence-corrected chi connectivity index (χ1v) is 8.15. The van der Waals surface area contributed by atoms with Gasteiger partial charge in [-0.1, -0.05) is 0 Å². The van der Waals surface area contributed by atoms with Crippen LogP contribution in [-0.4, -0.2) is 46.9 Å². The molecule has 0 saturated carbocycles. The molecule has 0 unspecified atom stereocenters. The molecule has 0 aliphatic heterocycles. The van der Waals surface area contributed by atoms with E-state index in [4.69, 9.17) is 18.9 Å². The fraction of sp³-hybridized carbons (Fsp3) is 0.316. The van der Waals surface area contributed by atoms with Crippen LogP contribution in [0.2, 0.25) is 0 Å². The van der Waals surface area contributed by atoms with Crippen molar-refractivity contribution in [3.05, 3.63) is 42.5 Å². The lowest BCUT2D eigenvalue weighted by Gasteiger charge is -2.12. The van der Waals surface area contributed by atoms with Gasteiger partial charge in [-0.25, -0.2) is 0 Å². The fourth-order valence-electron chi connectivity index (χ4n) is 2.22. The highest BCUT2D eigenvalue weighted by atomic mass is 16.5. The third-order valence-electron chi connectivity index (χ3n) is 3.59. The van der Waals surface area contributed by atoms with E-state index < -0.39 is 0 Å². The van der Waals surface area contributed by atoms with Crippen molar-refractivity contribution in [3.63, 3.8) is 0 Å². The number of benzene rings is 2. The quantitative estimate of drug-likeness (QED) is 0.633. The fourth-order valence-corrected chi connectivity index (χ4v) is 2.22. The van der Waals surface area contributed by atoms with Crippen molar-refractivity contribution in [2.45, 2.75) is 0 Å². The van der Waals surface area contributed by atoms with Crippen LogP contribution >= 0.6 is 0 Å². The summed E-state index contributed by atoms with van der Waals surface area (Å²) in [5.74, 6) is 2.61. The van der Waals surface area contributed by atoms with E-state index in [1.165, 1.54) is 0 Å². The van der Waals surface area contributed by atoms with Crippen LogP contribution in [0.4, 0.5) is 5.69 Å². The Kier molecular flexibility index (Phi) is 7.42. The van der Waals surface area contributed by atoms with Crippen LogP contribution in [0.5, 0.6) is 23.0 Å². The summed E-state index contributed by atoms with van der Waals surface area (Å²) in [6.45, 7) is 0.949. The number of anilines is 1. The average molecular weight is 360 g/mol. The molecular formula is C19H24N2O5. The summed E-state index contributed by atoms with van der Waals surface area (Å²) in [5.41, 5.74) is 0.771. The van der Waals surface area contributed by atoms with Gasteiger partial charge in [-0.05, 0) is 36.4 Å². The minimum atomic E-state index is -0.127. The summed E-state index contributed by atoms with van der Waals surface area (Å²) in [5, 5.41) is 5.83. The first kappa shape index (κ1) is 19.2. The second kappa shape index (κ2) is 10.0. The van der Waals surface area contributed by atoms with Gasteiger partial charge in [0.25, 0.3) is 0 Å². The van der Waals surface area contributed by atoms with Gasteiger partial charge in [-0.3, -0.25) is 4.79 Å². The van der Waals surface area contributed by atoms with Crippen LogP contribution in [0.15, 0.2) is 42.5 Å². The van der Waals surface area contributed by atoms with Crippen molar-refractivity contribution in [2.75, 3.05) is 46.3 Å². The standard InChI is InChI=1S/C19H24N2O5/c1-23-15-5-7-16(8-6-15)26-11-10-20-19(22)13-21-14-4-9-17(24-2)18(12-14)25-3/h4-9,12,21H,10-11,13H2,1-3H3,(H,20,22). The number of amides is 1. The molecule has 0 fully saturated rings. The third-order valence-corrected chi connectivity index (χ3v) is 3.59. The van der Waals surface area contributed by atoms with Crippen molar-refractivity contribution in [1.29, 1.82) is 0 Å². The summed E-state index contributed by atoms with van der Waals surface area (Å²) in [7, 11) is 4.75. The molecule has 0 saturated heterocycles. The van der Waals surface area contributed by atoms with Gasteiger partial charge in [0, 0.05) is 11.8 Å². The number of methoxy groups -OCH3 is 3. The number of hydrogen-bond donors (Lipinski definition) is 2. The number of ether oxygens (including phenoxy) is 4. The lowest BCUT2D eigenvalue weighted by molar-refractivity contribution is -0.119. The maximum absolute atomic E-state index is 11.9. The molecule has 7 heteroatoms. The molecule has 0 bridgehead atoms. The lowest BCUT2D eigenvalue weighted by Crippen LogP contribution is -2.33. The van der Waals surface area contributed by atoms with E-state index in [0.29, 0.717) is 24.7 Å². The van der Waals surface area contributed by atoms with Gasteiger partial charge in [0.15, 0.2) is 11.5 Å².